The molecule has 1 unspecified atom stereocenters. The zero-order valence-corrected chi connectivity index (χ0v) is 6.51. The van der Waals surface area contributed by atoms with Gasteiger partial charge >= 0.3 is 0 Å². The standard InChI is InChI=1S/C6H13NS/c1-4-5(2)6(8)7-3/h5H,4H2,1-3H3,(H,7,8). The SMILES string of the molecule is CCC(C)C(=S)NC. The molecule has 0 bridgehead atoms. The highest BCUT2D eigenvalue weighted by atomic mass is 32.1. The van der Waals surface area contributed by atoms with Gasteiger partial charge in [0.1, 0.15) is 0 Å². The summed E-state index contributed by atoms with van der Waals surface area (Å²) >= 11 is 4.97. The van der Waals surface area contributed by atoms with Crippen molar-refractivity contribution in [2.24, 2.45) is 5.92 Å². The summed E-state index contributed by atoms with van der Waals surface area (Å²) in [6.45, 7) is 4.26. The van der Waals surface area contributed by atoms with Crippen molar-refractivity contribution in [1.82, 2.24) is 5.32 Å². The van der Waals surface area contributed by atoms with Crippen molar-refractivity contribution in [3.63, 3.8) is 0 Å². The molecule has 1 atom stereocenters. The Morgan fingerprint density at radius 3 is 2.38 bits per heavy atom. The average Bonchev–Trinajstić information content (AvgIpc) is 1.84. The maximum atomic E-state index is 4.97. The lowest BCUT2D eigenvalue weighted by Crippen LogP contribution is -2.22. The molecule has 0 heterocycles. The molecule has 0 radical (unpaired) electrons. The minimum atomic E-state index is 0.537. The van der Waals surface area contributed by atoms with Crippen LogP contribution in [0.1, 0.15) is 20.3 Å². The summed E-state index contributed by atoms with van der Waals surface area (Å²) in [5.41, 5.74) is 0. The molecular formula is C6H13NS. The zero-order chi connectivity index (χ0) is 6.57. The summed E-state index contributed by atoms with van der Waals surface area (Å²) in [6.07, 6.45) is 1.12. The van der Waals surface area contributed by atoms with Gasteiger partial charge in [0.15, 0.2) is 0 Å². The number of nitrogens with one attached hydrogen (secondary N) is 1. The predicted octanol–water partition coefficient (Wildman–Crippen LogP) is 1.58. The Bertz CT molecular complexity index is 80.6. The highest BCUT2D eigenvalue weighted by Gasteiger charge is 2.00. The molecule has 0 fully saturated rings. The average molecular weight is 131 g/mol. The van der Waals surface area contributed by atoms with Crippen molar-refractivity contribution in [2.75, 3.05) is 7.05 Å². The topological polar surface area (TPSA) is 12.0 Å². The first-order chi connectivity index (χ1) is 3.72. The molecule has 1 N–H and O–H groups in total. The fraction of sp³-hybridized carbons (Fsp3) is 0.833. The van der Waals surface area contributed by atoms with Crippen LogP contribution in [0.25, 0.3) is 0 Å². The quantitative estimate of drug-likeness (QED) is 0.571. The largest absolute Gasteiger partial charge is 0.383 e. The highest BCUT2D eigenvalue weighted by Crippen LogP contribution is 2.00. The third-order valence-electron chi connectivity index (χ3n) is 1.31. The van der Waals surface area contributed by atoms with Crippen molar-refractivity contribution in [1.29, 1.82) is 0 Å². The molecule has 0 spiro atoms. The minimum absolute atomic E-state index is 0.537. The molecule has 0 amide bonds. The molecule has 0 rings (SSSR count). The fourth-order valence-corrected chi connectivity index (χ4v) is 0.598. The molecule has 0 aromatic carbocycles. The number of thiocarbonyl (C=S) groups is 1. The molecule has 48 valence electrons. The van der Waals surface area contributed by atoms with E-state index in [0.717, 1.165) is 11.4 Å². The van der Waals surface area contributed by atoms with Gasteiger partial charge in [-0.1, -0.05) is 26.1 Å². The molecule has 0 saturated heterocycles. The molecular weight excluding hydrogens is 118 g/mol. The highest BCUT2D eigenvalue weighted by molar-refractivity contribution is 7.80. The second kappa shape index (κ2) is 3.84. The molecule has 0 aliphatic carbocycles. The summed E-state index contributed by atoms with van der Waals surface area (Å²) in [7, 11) is 1.87. The maximum absolute atomic E-state index is 4.97. The molecule has 0 aromatic heterocycles. The van der Waals surface area contributed by atoms with Crippen LogP contribution in [0.5, 0.6) is 0 Å². The second-order valence-corrected chi connectivity index (χ2v) is 2.36. The first kappa shape index (κ1) is 7.89. The zero-order valence-electron chi connectivity index (χ0n) is 5.69. The first-order valence-electron chi connectivity index (χ1n) is 2.94. The van der Waals surface area contributed by atoms with Gasteiger partial charge in [0, 0.05) is 13.0 Å². The van der Waals surface area contributed by atoms with Crippen LogP contribution < -0.4 is 5.32 Å². The van der Waals surface area contributed by atoms with E-state index in [0.29, 0.717) is 5.92 Å². The van der Waals surface area contributed by atoms with Gasteiger partial charge in [-0.2, -0.15) is 0 Å². The van der Waals surface area contributed by atoms with Crippen LogP contribution in [-0.2, 0) is 0 Å². The molecule has 0 aliphatic rings. The summed E-state index contributed by atoms with van der Waals surface area (Å²) in [6, 6.07) is 0. The number of hydrogen-bond donors (Lipinski definition) is 1. The van der Waals surface area contributed by atoms with Crippen LogP contribution in [0.3, 0.4) is 0 Å². The van der Waals surface area contributed by atoms with Crippen LogP contribution in [0, 0.1) is 5.92 Å². The Balaban J connectivity index is 3.46. The van der Waals surface area contributed by atoms with Crippen LogP contribution in [0.15, 0.2) is 0 Å². The Labute approximate surface area is 56.5 Å². The van der Waals surface area contributed by atoms with E-state index in [2.05, 4.69) is 19.2 Å². The Morgan fingerprint density at radius 2 is 2.25 bits per heavy atom. The molecule has 1 nitrogen and oxygen atoms in total. The van der Waals surface area contributed by atoms with Crippen molar-refractivity contribution in [3.05, 3.63) is 0 Å². The normalized spacial score (nSPS) is 12.9. The summed E-state index contributed by atoms with van der Waals surface area (Å²) in [5.74, 6) is 0.537. The van der Waals surface area contributed by atoms with Crippen LogP contribution in [0.2, 0.25) is 0 Å². The Kier molecular flexibility index (Phi) is 3.79. The van der Waals surface area contributed by atoms with E-state index >= 15 is 0 Å². The second-order valence-electron chi connectivity index (χ2n) is 1.92. The van der Waals surface area contributed by atoms with Gasteiger partial charge in [-0.25, -0.2) is 0 Å². The smallest absolute Gasteiger partial charge is 0.0779 e. The van der Waals surface area contributed by atoms with Crippen LogP contribution in [0.4, 0.5) is 0 Å². The number of rotatable bonds is 2. The lowest BCUT2D eigenvalue weighted by Gasteiger charge is -2.07. The maximum Gasteiger partial charge on any atom is 0.0779 e. The minimum Gasteiger partial charge on any atom is -0.383 e. The summed E-state index contributed by atoms with van der Waals surface area (Å²) in [4.78, 5) is 0.965. The van der Waals surface area contributed by atoms with E-state index in [1.807, 2.05) is 7.05 Å². The van der Waals surface area contributed by atoms with Crippen molar-refractivity contribution in [3.8, 4) is 0 Å². The van der Waals surface area contributed by atoms with E-state index < -0.39 is 0 Å². The third kappa shape index (κ3) is 2.26. The van der Waals surface area contributed by atoms with Gasteiger partial charge in [-0.15, -0.1) is 0 Å². The van der Waals surface area contributed by atoms with Gasteiger partial charge in [0.2, 0.25) is 0 Å². The van der Waals surface area contributed by atoms with E-state index in [1.54, 1.807) is 0 Å². The Hall–Kier alpha value is -0.110. The molecule has 0 saturated carbocycles. The lowest BCUT2D eigenvalue weighted by molar-refractivity contribution is 0.729. The predicted molar refractivity (Wildman–Crippen MR) is 41.1 cm³/mol. The third-order valence-corrected chi connectivity index (χ3v) is 1.91. The molecule has 0 aromatic rings. The Morgan fingerprint density at radius 1 is 1.75 bits per heavy atom. The van der Waals surface area contributed by atoms with Gasteiger partial charge in [-0.3, -0.25) is 0 Å². The van der Waals surface area contributed by atoms with Crippen molar-refractivity contribution >= 4 is 17.2 Å². The van der Waals surface area contributed by atoms with E-state index in [9.17, 15) is 0 Å². The summed E-state index contributed by atoms with van der Waals surface area (Å²) < 4.78 is 0. The van der Waals surface area contributed by atoms with Gasteiger partial charge in [0.05, 0.1) is 4.99 Å². The molecule has 8 heavy (non-hydrogen) atoms. The van der Waals surface area contributed by atoms with Crippen LogP contribution in [-0.4, -0.2) is 12.0 Å². The number of hydrogen-bond acceptors (Lipinski definition) is 1. The van der Waals surface area contributed by atoms with Crippen LogP contribution >= 0.6 is 12.2 Å². The van der Waals surface area contributed by atoms with E-state index in [4.69, 9.17) is 12.2 Å². The van der Waals surface area contributed by atoms with Crippen molar-refractivity contribution in [2.45, 2.75) is 20.3 Å². The van der Waals surface area contributed by atoms with E-state index in [1.165, 1.54) is 0 Å². The van der Waals surface area contributed by atoms with Gasteiger partial charge < -0.3 is 5.32 Å². The fourth-order valence-electron chi connectivity index (χ4n) is 0.432. The first-order valence-corrected chi connectivity index (χ1v) is 3.34. The molecule has 0 aliphatic heterocycles. The van der Waals surface area contributed by atoms with Crippen molar-refractivity contribution < 1.29 is 0 Å². The van der Waals surface area contributed by atoms with E-state index in [-0.39, 0.29) is 0 Å². The molecule has 2 heteroatoms. The van der Waals surface area contributed by atoms with Gasteiger partial charge in [0.25, 0.3) is 0 Å². The lowest BCUT2D eigenvalue weighted by atomic mass is 10.1. The monoisotopic (exact) mass is 131 g/mol. The summed E-state index contributed by atoms with van der Waals surface area (Å²) in [5, 5.41) is 2.95. The van der Waals surface area contributed by atoms with Gasteiger partial charge in [-0.05, 0) is 6.42 Å².